The number of hydrogen-bond acceptors (Lipinski definition) is 3. The Balaban J connectivity index is 2.41. The van der Waals surface area contributed by atoms with E-state index >= 15 is 0 Å². The highest BCUT2D eigenvalue weighted by atomic mass is 35.5. The lowest BCUT2D eigenvalue weighted by Gasteiger charge is -2.37. The van der Waals surface area contributed by atoms with Crippen LogP contribution in [0.1, 0.15) is 33.1 Å². The first-order valence-corrected chi connectivity index (χ1v) is 7.90. The van der Waals surface area contributed by atoms with Gasteiger partial charge in [-0.25, -0.2) is 13.4 Å². The Hall–Kier alpha value is -0.650. The summed E-state index contributed by atoms with van der Waals surface area (Å²) in [6.45, 7) is 3.91. The van der Waals surface area contributed by atoms with Crippen molar-refractivity contribution in [3.63, 3.8) is 0 Å². The summed E-state index contributed by atoms with van der Waals surface area (Å²) in [5.41, 5.74) is 0. The number of aromatic nitrogens is 1. The second kappa shape index (κ2) is 5.15. The molecule has 0 aromatic carbocycles. The number of piperidine rings is 1. The minimum Gasteiger partial charge on any atom is -0.244 e. The summed E-state index contributed by atoms with van der Waals surface area (Å²) >= 11 is 5.77. The van der Waals surface area contributed by atoms with Gasteiger partial charge in [-0.1, -0.05) is 18.0 Å². The third-order valence-electron chi connectivity index (χ3n) is 3.39. The molecule has 6 heteroatoms. The summed E-state index contributed by atoms with van der Waals surface area (Å²) in [6.07, 6.45) is 4.31. The molecule has 1 aromatic rings. The van der Waals surface area contributed by atoms with Crippen LogP contribution in [0.15, 0.2) is 23.2 Å². The average Bonchev–Trinajstić information content (AvgIpc) is 2.28. The topological polar surface area (TPSA) is 50.3 Å². The Morgan fingerprint density at radius 2 is 1.94 bits per heavy atom. The molecule has 2 heterocycles. The molecule has 2 rings (SSSR count). The van der Waals surface area contributed by atoms with Crippen molar-refractivity contribution in [3.05, 3.63) is 23.5 Å². The van der Waals surface area contributed by atoms with Gasteiger partial charge in [-0.15, -0.1) is 0 Å². The van der Waals surface area contributed by atoms with Crippen LogP contribution in [0.5, 0.6) is 0 Å². The molecule has 0 saturated carbocycles. The third kappa shape index (κ3) is 2.53. The Labute approximate surface area is 113 Å². The van der Waals surface area contributed by atoms with Crippen molar-refractivity contribution in [1.82, 2.24) is 9.29 Å². The molecule has 0 radical (unpaired) electrons. The van der Waals surface area contributed by atoms with Crippen LogP contribution in [0.3, 0.4) is 0 Å². The Morgan fingerprint density at radius 1 is 1.33 bits per heavy atom. The van der Waals surface area contributed by atoms with E-state index in [2.05, 4.69) is 4.98 Å². The molecule has 18 heavy (non-hydrogen) atoms. The Morgan fingerprint density at radius 3 is 2.50 bits per heavy atom. The largest absolute Gasteiger partial charge is 0.244 e. The van der Waals surface area contributed by atoms with E-state index in [9.17, 15) is 8.42 Å². The van der Waals surface area contributed by atoms with Crippen molar-refractivity contribution >= 4 is 21.6 Å². The molecule has 1 aliphatic rings. The van der Waals surface area contributed by atoms with Crippen molar-refractivity contribution in [1.29, 1.82) is 0 Å². The van der Waals surface area contributed by atoms with Gasteiger partial charge in [0.1, 0.15) is 5.15 Å². The van der Waals surface area contributed by atoms with Crippen molar-refractivity contribution in [3.8, 4) is 0 Å². The number of nitrogens with zero attached hydrogens (tertiary/aromatic N) is 2. The molecule has 100 valence electrons. The van der Waals surface area contributed by atoms with Gasteiger partial charge in [0.25, 0.3) is 0 Å². The zero-order chi connectivity index (χ0) is 13.3. The monoisotopic (exact) mass is 288 g/mol. The summed E-state index contributed by atoms with van der Waals surface area (Å²) < 4.78 is 26.8. The van der Waals surface area contributed by atoms with Gasteiger partial charge in [0.05, 0.1) is 4.90 Å². The highest BCUT2D eigenvalue weighted by molar-refractivity contribution is 7.89. The quantitative estimate of drug-likeness (QED) is 0.786. The lowest BCUT2D eigenvalue weighted by atomic mass is 10.0. The van der Waals surface area contributed by atoms with Gasteiger partial charge in [0, 0.05) is 18.3 Å². The van der Waals surface area contributed by atoms with E-state index in [1.165, 1.54) is 18.3 Å². The van der Waals surface area contributed by atoms with Gasteiger partial charge >= 0.3 is 0 Å². The summed E-state index contributed by atoms with van der Waals surface area (Å²) in [5, 5.41) is 0.202. The molecule has 2 atom stereocenters. The SMILES string of the molecule is CC1CCCC(C)N1S(=O)(=O)c1ccnc(Cl)c1. The molecule has 1 saturated heterocycles. The van der Waals surface area contributed by atoms with Crippen LogP contribution in [-0.4, -0.2) is 29.8 Å². The van der Waals surface area contributed by atoms with Crippen molar-refractivity contribution in [2.45, 2.75) is 50.1 Å². The summed E-state index contributed by atoms with van der Waals surface area (Å²) in [7, 11) is -3.47. The maximum Gasteiger partial charge on any atom is 0.243 e. The number of hydrogen-bond donors (Lipinski definition) is 0. The number of sulfonamides is 1. The first-order valence-electron chi connectivity index (χ1n) is 6.08. The van der Waals surface area contributed by atoms with Crippen LogP contribution in [0.2, 0.25) is 5.15 Å². The van der Waals surface area contributed by atoms with Crippen molar-refractivity contribution in [2.75, 3.05) is 0 Å². The molecule has 4 nitrogen and oxygen atoms in total. The van der Waals surface area contributed by atoms with E-state index in [4.69, 9.17) is 11.6 Å². The fourth-order valence-corrected chi connectivity index (χ4v) is 4.67. The highest BCUT2D eigenvalue weighted by Crippen LogP contribution is 2.29. The third-order valence-corrected chi connectivity index (χ3v) is 5.72. The van der Waals surface area contributed by atoms with Crippen LogP contribution in [0.4, 0.5) is 0 Å². The highest BCUT2D eigenvalue weighted by Gasteiger charge is 2.35. The first kappa shape index (κ1) is 13.8. The molecule has 0 amide bonds. The Bertz CT molecular complexity index is 523. The van der Waals surface area contributed by atoms with E-state index in [-0.39, 0.29) is 22.1 Å². The van der Waals surface area contributed by atoms with Gasteiger partial charge in [0.2, 0.25) is 10.0 Å². The maximum absolute atomic E-state index is 12.6. The van der Waals surface area contributed by atoms with Crippen LogP contribution in [0.25, 0.3) is 0 Å². The number of rotatable bonds is 2. The van der Waals surface area contributed by atoms with Crippen LogP contribution >= 0.6 is 11.6 Å². The lowest BCUT2D eigenvalue weighted by molar-refractivity contribution is 0.204. The predicted molar refractivity (Wildman–Crippen MR) is 71.0 cm³/mol. The van der Waals surface area contributed by atoms with Gasteiger partial charge in [0.15, 0.2) is 0 Å². The standard InChI is InChI=1S/C12H17ClN2O2S/c1-9-4-3-5-10(2)15(9)18(16,17)11-6-7-14-12(13)8-11/h6-10H,3-5H2,1-2H3. The van der Waals surface area contributed by atoms with E-state index in [1.807, 2.05) is 13.8 Å². The second-order valence-corrected chi connectivity index (χ2v) is 7.01. The summed E-state index contributed by atoms with van der Waals surface area (Å²) in [4.78, 5) is 4.04. The number of halogens is 1. The van der Waals surface area contributed by atoms with Crippen LogP contribution in [0, 0.1) is 0 Å². The molecule has 0 spiro atoms. The minimum absolute atomic E-state index is 0.0330. The molecule has 1 aromatic heterocycles. The summed E-state index contributed by atoms with van der Waals surface area (Å²) in [6, 6.07) is 2.97. The van der Waals surface area contributed by atoms with Gasteiger partial charge in [-0.05, 0) is 38.8 Å². The van der Waals surface area contributed by atoms with Crippen molar-refractivity contribution < 1.29 is 8.42 Å². The van der Waals surface area contributed by atoms with Crippen LogP contribution in [-0.2, 0) is 10.0 Å². The van der Waals surface area contributed by atoms with E-state index in [0.29, 0.717) is 0 Å². The first-order chi connectivity index (χ1) is 8.43. The molecular weight excluding hydrogens is 272 g/mol. The Kier molecular flexibility index (Phi) is 3.94. The molecular formula is C12H17ClN2O2S. The lowest BCUT2D eigenvalue weighted by Crippen LogP contribution is -2.47. The second-order valence-electron chi connectivity index (χ2n) is 4.78. The van der Waals surface area contributed by atoms with Crippen molar-refractivity contribution in [2.24, 2.45) is 0 Å². The average molecular weight is 289 g/mol. The zero-order valence-corrected chi connectivity index (χ0v) is 12.1. The fraction of sp³-hybridized carbons (Fsp3) is 0.583. The molecule has 0 bridgehead atoms. The zero-order valence-electron chi connectivity index (χ0n) is 10.5. The van der Waals surface area contributed by atoms with E-state index in [1.54, 1.807) is 4.31 Å². The van der Waals surface area contributed by atoms with E-state index in [0.717, 1.165) is 19.3 Å². The molecule has 1 fully saturated rings. The van der Waals surface area contributed by atoms with Crippen LogP contribution < -0.4 is 0 Å². The minimum atomic E-state index is -3.47. The van der Waals surface area contributed by atoms with Gasteiger partial charge in [-0.2, -0.15) is 4.31 Å². The molecule has 2 unspecified atom stereocenters. The maximum atomic E-state index is 12.6. The molecule has 1 aliphatic heterocycles. The molecule has 0 aliphatic carbocycles. The number of pyridine rings is 1. The normalized spacial score (nSPS) is 26.2. The van der Waals surface area contributed by atoms with E-state index < -0.39 is 10.0 Å². The van der Waals surface area contributed by atoms with Gasteiger partial charge in [-0.3, -0.25) is 0 Å². The molecule has 0 N–H and O–H groups in total. The fourth-order valence-electron chi connectivity index (χ4n) is 2.54. The predicted octanol–water partition coefficient (Wildman–Crippen LogP) is 2.69. The summed E-state index contributed by atoms with van der Waals surface area (Å²) in [5.74, 6) is 0. The van der Waals surface area contributed by atoms with Gasteiger partial charge < -0.3 is 0 Å². The smallest absolute Gasteiger partial charge is 0.243 e.